The largest absolute Gasteiger partial charge is 0.443 e. The molecule has 56 heavy (non-hydrogen) atoms. The van der Waals surface area contributed by atoms with Crippen LogP contribution in [0.3, 0.4) is 0 Å². The van der Waals surface area contributed by atoms with E-state index in [0.29, 0.717) is 38.6 Å². The zero-order valence-corrected chi connectivity index (χ0v) is 35.2. The molecule has 0 spiro atoms. The van der Waals surface area contributed by atoms with Crippen molar-refractivity contribution in [1.82, 2.24) is 33.3 Å². The molecule has 4 unspecified atom stereocenters. The molecule has 0 aliphatic carbocycles. The molecular formula is C37H51ClN10O6S2. The van der Waals surface area contributed by atoms with Gasteiger partial charge in [0.15, 0.2) is 0 Å². The minimum Gasteiger partial charge on any atom is -0.443 e. The average molecular weight is 831 g/mol. The molecule has 4 aliphatic heterocycles. The number of carbonyl (C=O) groups excluding carboxylic acids is 1. The van der Waals surface area contributed by atoms with Gasteiger partial charge in [0, 0.05) is 62.1 Å². The van der Waals surface area contributed by atoms with Gasteiger partial charge in [-0.1, -0.05) is 0 Å². The van der Waals surface area contributed by atoms with Gasteiger partial charge in [-0.2, -0.15) is 25.4 Å². The van der Waals surface area contributed by atoms with E-state index in [0.717, 1.165) is 58.4 Å². The summed E-state index contributed by atoms with van der Waals surface area (Å²) in [7, 11) is -7.64. The Hall–Kier alpha value is -3.94. The summed E-state index contributed by atoms with van der Waals surface area (Å²) in [5.41, 5.74) is 5.75. The third-order valence-electron chi connectivity index (χ3n) is 11.0. The first kappa shape index (κ1) is 41.7. The number of nitrogens with one attached hydrogen (secondary N) is 1. The molecule has 4 saturated heterocycles. The Morgan fingerprint density at radius 2 is 1.12 bits per heavy atom. The van der Waals surface area contributed by atoms with E-state index >= 15 is 0 Å². The summed E-state index contributed by atoms with van der Waals surface area (Å²) in [6, 6.07) is 8.02. The maximum absolute atomic E-state index is 12.9. The van der Waals surface area contributed by atoms with Crippen molar-refractivity contribution >= 4 is 72.4 Å². The Morgan fingerprint density at radius 1 is 0.696 bits per heavy atom. The van der Waals surface area contributed by atoms with Gasteiger partial charge >= 0.3 is 16.3 Å². The van der Waals surface area contributed by atoms with Crippen molar-refractivity contribution in [2.45, 2.75) is 79.0 Å². The Morgan fingerprint density at radius 3 is 1.57 bits per heavy atom. The van der Waals surface area contributed by atoms with E-state index in [4.69, 9.17) is 9.88 Å². The number of benzene rings is 2. The SMILES string of the molecule is Cc1cc2ncnc(N3CC4CC(C3)N(S(=O)(=O)NC(=O)OC(C)(C)C)C4)c2cc1C.Cc1cc2ncnc(N3CC4CC(C3)N(S(N)(=O)=O)C4)c2cc1C.Cl. The highest BCUT2D eigenvalue weighted by Crippen LogP contribution is 2.37. The van der Waals surface area contributed by atoms with Crippen LogP contribution in [0, 0.1) is 39.5 Å². The van der Waals surface area contributed by atoms with Crippen LogP contribution < -0.4 is 19.7 Å². The lowest BCUT2D eigenvalue weighted by molar-refractivity contribution is 0.0567. The lowest BCUT2D eigenvalue weighted by Gasteiger charge is -2.34. The summed E-state index contributed by atoms with van der Waals surface area (Å²) < 4.78 is 59.3. The monoisotopic (exact) mass is 830 g/mol. The molecule has 3 N–H and O–H groups in total. The summed E-state index contributed by atoms with van der Waals surface area (Å²) in [6.45, 7) is 16.8. The highest BCUT2D eigenvalue weighted by atomic mass is 35.5. The van der Waals surface area contributed by atoms with E-state index in [-0.39, 0.29) is 30.4 Å². The van der Waals surface area contributed by atoms with Gasteiger partial charge in [-0.05, 0) is 120 Å². The molecule has 4 atom stereocenters. The Balaban J connectivity index is 0.000000192. The molecule has 4 aromatic rings. The van der Waals surface area contributed by atoms with E-state index in [9.17, 15) is 21.6 Å². The van der Waals surface area contributed by atoms with E-state index in [2.05, 4.69) is 86.4 Å². The minimum atomic E-state index is -4.00. The molecule has 4 aliphatic rings. The molecule has 8 rings (SSSR count). The van der Waals surface area contributed by atoms with Crippen molar-refractivity contribution in [2.24, 2.45) is 17.0 Å². The van der Waals surface area contributed by atoms with Crippen molar-refractivity contribution in [2.75, 3.05) is 49.1 Å². The number of nitrogens with zero attached hydrogens (tertiary/aromatic N) is 8. The first-order chi connectivity index (χ1) is 25.8. The molecule has 1 amide bonds. The summed E-state index contributed by atoms with van der Waals surface area (Å²) in [4.78, 5) is 34.2. The highest BCUT2D eigenvalue weighted by molar-refractivity contribution is 7.87. The maximum Gasteiger partial charge on any atom is 0.422 e. The number of ether oxygens (including phenoxy) is 1. The molecule has 2 aromatic carbocycles. The summed E-state index contributed by atoms with van der Waals surface area (Å²) >= 11 is 0. The van der Waals surface area contributed by atoms with Crippen molar-refractivity contribution in [3.63, 3.8) is 0 Å². The minimum absolute atomic E-state index is 0. The number of aryl methyl sites for hydroxylation is 4. The third kappa shape index (κ3) is 8.64. The zero-order chi connectivity index (χ0) is 39.6. The third-order valence-corrected chi connectivity index (χ3v) is 13.6. The van der Waals surface area contributed by atoms with E-state index in [1.165, 1.54) is 25.3 Å². The van der Waals surface area contributed by atoms with Crippen LogP contribution in [-0.4, -0.2) is 108 Å². The van der Waals surface area contributed by atoms with Gasteiger partial charge in [-0.15, -0.1) is 12.4 Å². The van der Waals surface area contributed by atoms with Gasteiger partial charge in [0.2, 0.25) is 0 Å². The fourth-order valence-electron chi connectivity index (χ4n) is 8.36. The number of hydrogen-bond donors (Lipinski definition) is 2. The number of amides is 1. The number of anilines is 2. The van der Waals surface area contributed by atoms with Gasteiger partial charge < -0.3 is 14.5 Å². The number of aromatic nitrogens is 4. The topological polar surface area (TPSA) is 197 Å². The van der Waals surface area contributed by atoms with Crippen LogP contribution in [0.1, 0.15) is 55.9 Å². The lowest BCUT2D eigenvalue weighted by atomic mass is 9.99. The number of piperidine rings is 2. The second kappa shape index (κ2) is 15.4. The van der Waals surface area contributed by atoms with E-state index < -0.39 is 32.1 Å². The van der Waals surface area contributed by atoms with Crippen LogP contribution in [0.5, 0.6) is 0 Å². The van der Waals surface area contributed by atoms with Crippen LogP contribution in [0.4, 0.5) is 16.4 Å². The molecular weight excluding hydrogens is 780 g/mol. The number of fused-ring (bicyclic) bond motifs is 6. The van der Waals surface area contributed by atoms with Crippen molar-refractivity contribution < 1.29 is 26.4 Å². The maximum atomic E-state index is 12.9. The first-order valence-electron chi connectivity index (χ1n) is 18.5. The molecule has 16 nitrogen and oxygen atoms in total. The van der Waals surface area contributed by atoms with Crippen molar-refractivity contribution in [3.8, 4) is 0 Å². The highest BCUT2D eigenvalue weighted by Gasteiger charge is 2.46. The number of nitrogens with two attached hydrogens (primary N) is 1. The van der Waals surface area contributed by atoms with Gasteiger partial charge in [0.1, 0.15) is 29.9 Å². The van der Waals surface area contributed by atoms with Gasteiger partial charge in [-0.3, -0.25) is 0 Å². The molecule has 4 bridgehead atoms. The predicted molar refractivity (Wildman–Crippen MR) is 218 cm³/mol. The Kier molecular flexibility index (Phi) is 11.5. The molecule has 2 aromatic heterocycles. The number of halogens is 1. The lowest BCUT2D eigenvalue weighted by Crippen LogP contribution is -2.49. The standard InChI is InChI=1S/C21H29N5O4S.C16H21N5O2S.ClH/c1-13-6-17-18(7-14(13)2)22-12-23-19(17)25-9-15-8-16(11-25)26(10-15)31(28,29)24-20(27)30-21(3,4)5;1-10-3-14-15(4-11(10)2)18-9-19-16(14)20-6-12-5-13(8-20)21(7-12)24(17,22)23;/h6-7,12,15-16H,8-11H2,1-5H3,(H,24,27);3-4,9,12-13H,5-8H2,1-2H3,(H2,17,22,23);1H. The molecule has 0 saturated carbocycles. The quantitative estimate of drug-likeness (QED) is 0.295. The second-order valence-electron chi connectivity index (χ2n) is 16.4. The Labute approximate surface area is 335 Å². The molecule has 304 valence electrons. The van der Waals surface area contributed by atoms with Crippen molar-refractivity contribution in [3.05, 3.63) is 59.2 Å². The fraction of sp³-hybridized carbons (Fsp3) is 0.541. The molecule has 19 heteroatoms. The summed E-state index contributed by atoms with van der Waals surface area (Å²) in [5.74, 6) is 2.15. The first-order valence-corrected chi connectivity index (χ1v) is 21.5. The molecule has 4 fully saturated rings. The van der Waals surface area contributed by atoms with E-state index in [1.807, 2.05) is 0 Å². The van der Waals surface area contributed by atoms with Crippen LogP contribution in [0.25, 0.3) is 21.8 Å². The van der Waals surface area contributed by atoms with E-state index in [1.54, 1.807) is 33.4 Å². The Bertz CT molecular complexity index is 2380. The summed E-state index contributed by atoms with van der Waals surface area (Å²) in [6.07, 6.45) is 3.81. The zero-order valence-electron chi connectivity index (χ0n) is 32.8. The fourth-order valence-corrected chi connectivity index (χ4v) is 10.7. The van der Waals surface area contributed by atoms with Gasteiger partial charge in [0.25, 0.3) is 10.2 Å². The van der Waals surface area contributed by atoms with Crippen LogP contribution in [0.15, 0.2) is 36.9 Å². The van der Waals surface area contributed by atoms with Gasteiger partial charge in [0.05, 0.1) is 11.0 Å². The van der Waals surface area contributed by atoms with Crippen LogP contribution in [-0.2, 0) is 25.2 Å². The normalized spacial score (nSPS) is 22.8. The molecule has 0 radical (unpaired) electrons. The average Bonchev–Trinajstić information content (AvgIpc) is 3.57. The van der Waals surface area contributed by atoms with Crippen molar-refractivity contribution in [1.29, 1.82) is 0 Å². The second-order valence-corrected chi connectivity index (χ2v) is 19.5. The number of rotatable bonds is 5. The number of carbonyl (C=O) groups is 1. The smallest absolute Gasteiger partial charge is 0.422 e. The van der Waals surface area contributed by atoms with Crippen LogP contribution in [0.2, 0.25) is 0 Å². The number of hydrogen-bond acceptors (Lipinski definition) is 12. The predicted octanol–water partition coefficient (Wildman–Crippen LogP) is 3.91. The van der Waals surface area contributed by atoms with Crippen LogP contribution >= 0.6 is 12.4 Å². The summed E-state index contributed by atoms with van der Waals surface area (Å²) in [5, 5.41) is 7.35. The molecule has 6 heterocycles. The van der Waals surface area contributed by atoms with Gasteiger partial charge in [-0.25, -0.2) is 34.6 Å².